The molecule has 1 fully saturated rings. The number of aliphatic hydroxyl groups excluding tert-OH is 5. The maximum absolute atomic E-state index is 13.0. The lowest BCUT2D eigenvalue weighted by molar-refractivity contribution is -0.302. The lowest BCUT2D eigenvalue weighted by Crippen LogP contribution is -2.60. The van der Waals surface area contributed by atoms with Crippen LogP contribution in [0.3, 0.4) is 0 Å². The summed E-state index contributed by atoms with van der Waals surface area (Å²) in [5.74, 6) is -0.172. The molecule has 550 valence electrons. The highest BCUT2D eigenvalue weighted by atomic mass is 16.7. The molecule has 0 radical (unpaired) electrons. The Morgan fingerprint density at radius 3 is 1.09 bits per heavy atom. The van der Waals surface area contributed by atoms with Crippen LogP contribution in [0.15, 0.2) is 60.8 Å². The number of carbonyl (C=O) groups is 2. The van der Waals surface area contributed by atoms with Crippen LogP contribution in [0.25, 0.3) is 0 Å². The Morgan fingerprint density at radius 2 is 0.713 bits per heavy atom. The van der Waals surface area contributed by atoms with Gasteiger partial charge in [-0.2, -0.15) is 0 Å². The molecule has 6 N–H and O–H groups in total. The molecule has 0 aromatic carbocycles. The number of esters is 1. The molecule has 0 aliphatic carbocycles. The van der Waals surface area contributed by atoms with E-state index in [9.17, 15) is 35.1 Å². The Kier molecular flexibility index (Phi) is 68.1. The number of unbranched alkanes of at least 4 members (excludes halogenated alkanes) is 50. The summed E-state index contributed by atoms with van der Waals surface area (Å²) in [6.45, 7) is 4.33. The first-order valence-corrected chi connectivity index (χ1v) is 40.6. The van der Waals surface area contributed by atoms with E-state index in [0.29, 0.717) is 19.4 Å². The highest BCUT2D eigenvalue weighted by Crippen LogP contribution is 2.24. The van der Waals surface area contributed by atoms with Gasteiger partial charge in [-0.3, -0.25) is 9.59 Å². The van der Waals surface area contributed by atoms with Gasteiger partial charge in [-0.15, -0.1) is 0 Å². The molecule has 1 heterocycles. The lowest BCUT2D eigenvalue weighted by Gasteiger charge is -2.40. The van der Waals surface area contributed by atoms with Gasteiger partial charge in [0.2, 0.25) is 5.91 Å². The molecule has 0 aromatic heterocycles. The minimum Gasteiger partial charge on any atom is -0.466 e. The van der Waals surface area contributed by atoms with E-state index in [2.05, 4.69) is 67.8 Å². The second-order valence-corrected chi connectivity index (χ2v) is 28.1. The van der Waals surface area contributed by atoms with Crippen molar-refractivity contribution in [2.24, 2.45) is 0 Å². The van der Waals surface area contributed by atoms with Crippen LogP contribution >= 0.6 is 0 Å². The van der Waals surface area contributed by atoms with Gasteiger partial charge < -0.3 is 45.1 Å². The van der Waals surface area contributed by atoms with Gasteiger partial charge in [-0.1, -0.05) is 344 Å². The highest BCUT2D eigenvalue weighted by molar-refractivity contribution is 5.76. The van der Waals surface area contributed by atoms with E-state index in [4.69, 9.17) is 14.2 Å². The maximum atomic E-state index is 13.0. The van der Waals surface area contributed by atoms with Crippen molar-refractivity contribution in [2.75, 3.05) is 19.8 Å². The summed E-state index contributed by atoms with van der Waals surface area (Å²) >= 11 is 0. The number of aliphatic hydroxyl groups is 5. The first kappa shape index (κ1) is 89.4. The van der Waals surface area contributed by atoms with Gasteiger partial charge in [0.25, 0.3) is 0 Å². The smallest absolute Gasteiger partial charge is 0.305 e. The molecule has 0 bridgehead atoms. The molecule has 1 aliphatic heterocycles. The summed E-state index contributed by atoms with van der Waals surface area (Å²) < 4.78 is 16.7. The van der Waals surface area contributed by atoms with Crippen molar-refractivity contribution in [3.63, 3.8) is 0 Å². The van der Waals surface area contributed by atoms with E-state index in [-0.39, 0.29) is 18.5 Å². The fraction of sp³-hybridized carbons (Fsp3) is 0.855. The average Bonchev–Trinajstić information content (AvgIpc) is 0.848. The highest BCUT2D eigenvalue weighted by Gasteiger charge is 2.44. The van der Waals surface area contributed by atoms with Crippen molar-refractivity contribution in [1.29, 1.82) is 0 Å². The standard InChI is InChI=1S/C83H153NO10/c1-3-5-7-9-11-13-14-15-16-17-42-45-48-51-55-59-63-67-71-79(88)92-72-68-64-60-56-52-49-46-43-40-38-36-34-32-30-28-26-24-22-20-18-19-21-23-25-27-29-31-33-35-37-39-41-44-47-50-54-58-62-66-70-78(87)84-75(76(86)69-65-61-57-53-12-10-8-6-4-2)74-93-83-82(91)81(90)80(89)77(73-85)94-83/h13-14,16-19,22,24,65,69,75-77,80-83,85-86,89-91H,3-12,15,20-21,23,25-64,66-68,70-74H2,1-2H3,(H,84,87)/b14-13-,17-16-,19-18-,24-22-,69-65+. The van der Waals surface area contributed by atoms with Gasteiger partial charge in [-0.05, 0) is 96.3 Å². The molecule has 0 saturated carbocycles. The second-order valence-electron chi connectivity index (χ2n) is 28.1. The van der Waals surface area contributed by atoms with E-state index in [1.54, 1.807) is 6.08 Å². The molecule has 1 amide bonds. The summed E-state index contributed by atoms with van der Waals surface area (Å²) in [6.07, 6.45) is 87.1. The minimum atomic E-state index is -1.57. The Balaban J connectivity index is 1.85. The zero-order chi connectivity index (χ0) is 67.9. The van der Waals surface area contributed by atoms with E-state index in [0.717, 1.165) is 70.6 Å². The largest absolute Gasteiger partial charge is 0.466 e. The topological polar surface area (TPSA) is 175 Å². The molecule has 0 spiro atoms. The van der Waals surface area contributed by atoms with Crippen molar-refractivity contribution >= 4 is 11.9 Å². The molecule has 7 unspecified atom stereocenters. The van der Waals surface area contributed by atoms with Crippen molar-refractivity contribution in [3.8, 4) is 0 Å². The third-order valence-corrected chi connectivity index (χ3v) is 19.1. The van der Waals surface area contributed by atoms with Gasteiger partial charge in [0, 0.05) is 12.8 Å². The van der Waals surface area contributed by atoms with E-state index in [1.807, 2.05) is 6.08 Å². The van der Waals surface area contributed by atoms with Crippen molar-refractivity contribution < 1.29 is 49.3 Å². The summed E-state index contributed by atoms with van der Waals surface area (Å²) in [6, 6.07) is -0.807. The summed E-state index contributed by atoms with van der Waals surface area (Å²) in [7, 11) is 0. The Hall–Kier alpha value is -2.64. The number of carbonyl (C=O) groups excluding carboxylic acids is 2. The van der Waals surface area contributed by atoms with Gasteiger partial charge in [0.1, 0.15) is 24.4 Å². The Labute approximate surface area is 579 Å². The summed E-state index contributed by atoms with van der Waals surface area (Å²) in [4.78, 5) is 25.2. The van der Waals surface area contributed by atoms with Crippen LogP contribution < -0.4 is 5.32 Å². The summed E-state index contributed by atoms with van der Waals surface area (Å²) in [5.41, 5.74) is 0. The van der Waals surface area contributed by atoms with Crippen molar-refractivity contribution in [1.82, 2.24) is 5.32 Å². The van der Waals surface area contributed by atoms with Crippen LogP contribution in [0, 0.1) is 0 Å². The molecule has 0 aromatic rings. The fourth-order valence-electron chi connectivity index (χ4n) is 12.7. The lowest BCUT2D eigenvalue weighted by atomic mass is 9.99. The Bertz CT molecular complexity index is 1750. The molecular formula is C83H153NO10. The van der Waals surface area contributed by atoms with E-state index >= 15 is 0 Å². The summed E-state index contributed by atoms with van der Waals surface area (Å²) in [5, 5.41) is 54.4. The third kappa shape index (κ3) is 59.4. The molecular weight excluding hydrogens is 1170 g/mol. The first-order valence-electron chi connectivity index (χ1n) is 40.6. The molecule has 11 heteroatoms. The van der Waals surface area contributed by atoms with Crippen LogP contribution in [0.1, 0.15) is 393 Å². The zero-order valence-electron chi connectivity index (χ0n) is 61.4. The van der Waals surface area contributed by atoms with Crippen LogP contribution in [0.2, 0.25) is 0 Å². The van der Waals surface area contributed by atoms with Crippen LogP contribution in [0.5, 0.6) is 0 Å². The average molecular weight is 1330 g/mol. The van der Waals surface area contributed by atoms with Crippen LogP contribution in [-0.4, -0.2) is 100 Å². The minimum absolute atomic E-state index is 0.00740. The van der Waals surface area contributed by atoms with Crippen LogP contribution in [-0.2, 0) is 23.8 Å². The Morgan fingerprint density at radius 1 is 0.394 bits per heavy atom. The quantitative estimate of drug-likeness (QED) is 0.0195. The van der Waals surface area contributed by atoms with Gasteiger partial charge in [0.15, 0.2) is 6.29 Å². The predicted octanol–water partition coefficient (Wildman–Crippen LogP) is 22.0. The van der Waals surface area contributed by atoms with Gasteiger partial charge >= 0.3 is 5.97 Å². The number of nitrogens with one attached hydrogen (secondary N) is 1. The molecule has 1 aliphatic rings. The van der Waals surface area contributed by atoms with Gasteiger partial charge in [0.05, 0.1) is 32.0 Å². The first-order chi connectivity index (χ1) is 46.2. The number of hydrogen-bond donors (Lipinski definition) is 6. The number of allylic oxidation sites excluding steroid dienone is 9. The number of ether oxygens (including phenoxy) is 3. The normalized spacial score (nSPS) is 17.7. The fourth-order valence-corrected chi connectivity index (χ4v) is 12.7. The number of amides is 1. The third-order valence-electron chi connectivity index (χ3n) is 19.1. The molecule has 1 saturated heterocycles. The van der Waals surface area contributed by atoms with E-state index in [1.165, 1.54) is 295 Å². The molecule has 7 atom stereocenters. The van der Waals surface area contributed by atoms with Crippen molar-refractivity contribution in [2.45, 2.75) is 436 Å². The second kappa shape index (κ2) is 71.6. The molecule has 1 rings (SSSR count). The number of hydrogen-bond acceptors (Lipinski definition) is 10. The van der Waals surface area contributed by atoms with E-state index < -0.39 is 49.5 Å². The SMILES string of the molecule is CCCCCC/C=C\C/C=C\CCCCCCCCCC(=O)OCCCCCCCCCCCCCCCCC/C=C\C/C=C\CCCCCCCCCCCCCCCCCCCC(=O)NC(COC1OC(CO)C(O)C(O)C1O)C(O)/C=C/CCCCCCCCC. The monoisotopic (exact) mass is 1320 g/mol. The maximum Gasteiger partial charge on any atom is 0.305 e. The predicted molar refractivity (Wildman–Crippen MR) is 398 cm³/mol. The van der Waals surface area contributed by atoms with Crippen LogP contribution in [0.4, 0.5) is 0 Å². The molecule has 94 heavy (non-hydrogen) atoms. The zero-order valence-corrected chi connectivity index (χ0v) is 61.4. The number of rotatable bonds is 72. The molecule has 11 nitrogen and oxygen atoms in total. The van der Waals surface area contributed by atoms with Gasteiger partial charge in [-0.25, -0.2) is 0 Å². The van der Waals surface area contributed by atoms with Crippen molar-refractivity contribution in [3.05, 3.63) is 60.8 Å².